The molecule has 0 atom stereocenters. The van der Waals surface area contributed by atoms with E-state index in [2.05, 4.69) is 5.43 Å². The number of benzene rings is 1. The Morgan fingerprint density at radius 3 is 2.82 bits per heavy atom. The minimum Gasteiger partial charge on any atom is -0.385 e. The van der Waals surface area contributed by atoms with E-state index in [1.165, 1.54) is 0 Å². The number of ether oxygens (including phenoxy) is 1. The number of nitrogens with zero attached hydrogens (tertiary/aromatic N) is 1. The highest BCUT2D eigenvalue weighted by atomic mass is 16.5. The maximum absolute atomic E-state index is 12.1. The predicted molar refractivity (Wildman–Crippen MR) is 67.7 cm³/mol. The van der Waals surface area contributed by atoms with Crippen molar-refractivity contribution < 1.29 is 9.53 Å². The van der Waals surface area contributed by atoms with E-state index < -0.39 is 0 Å². The van der Waals surface area contributed by atoms with E-state index in [1.54, 1.807) is 31.2 Å². The van der Waals surface area contributed by atoms with E-state index >= 15 is 0 Å². The summed E-state index contributed by atoms with van der Waals surface area (Å²) in [6.07, 6.45) is 0.816. The molecule has 3 N–H and O–H groups in total. The largest absolute Gasteiger partial charge is 0.385 e. The predicted octanol–water partition coefficient (Wildman–Crippen LogP) is 1.08. The molecule has 0 aliphatic heterocycles. The van der Waals surface area contributed by atoms with E-state index in [4.69, 9.17) is 10.6 Å². The van der Waals surface area contributed by atoms with Gasteiger partial charge in [-0.25, -0.2) is 0 Å². The number of hydrogen-bond acceptors (Lipinski definition) is 4. The van der Waals surface area contributed by atoms with Crippen LogP contribution in [0.1, 0.15) is 16.8 Å². The van der Waals surface area contributed by atoms with Gasteiger partial charge in [0, 0.05) is 27.3 Å². The lowest BCUT2D eigenvalue weighted by Crippen LogP contribution is -2.29. The molecular weight excluding hydrogens is 218 g/mol. The maximum Gasteiger partial charge on any atom is 0.255 e. The first kappa shape index (κ1) is 13.5. The van der Waals surface area contributed by atoms with Gasteiger partial charge < -0.3 is 15.1 Å². The van der Waals surface area contributed by atoms with Gasteiger partial charge in [-0.1, -0.05) is 12.1 Å². The molecule has 0 heterocycles. The van der Waals surface area contributed by atoms with Crippen molar-refractivity contribution in [2.75, 3.05) is 32.7 Å². The van der Waals surface area contributed by atoms with Crippen molar-refractivity contribution in [3.05, 3.63) is 29.8 Å². The minimum atomic E-state index is -0.0466. The van der Waals surface area contributed by atoms with Crippen LogP contribution in [0.5, 0.6) is 0 Å². The van der Waals surface area contributed by atoms with Gasteiger partial charge >= 0.3 is 0 Å². The van der Waals surface area contributed by atoms with Gasteiger partial charge in [0.1, 0.15) is 0 Å². The number of nitrogens with two attached hydrogens (primary N) is 1. The Bertz CT molecular complexity index is 369. The van der Waals surface area contributed by atoms with E-state index in [9.17, 15) is 4.79 Å². The number of para-hydroxylation sites is 1. The van der Waals surface area contributed by atoms with Gasteiger partial charge in [0.2, 0.25) is 0 Å². The smallest absolute Gasteiger partial charge is 0.255 e. The Labute approximate surface area is 102 Å². The van der Waals surface area contributed by atoms with E-state index in [0.29, 0.717) is 24.4 Å². The van der Waals surface area contributed by atoms with Crippen LogP contribution in [0.4, 0.5) is 5.69 Å². The van der Waals surface area contributed by atoms with Crippen LogP contribution in [-0.4, -0.2) is 38.1 Å². The number of carbonyl (C=O) groups is 1. The second kappa shape index (κ2) is 6.88. The fourth-order valence-corrected chi connectivity index (χ4v) is 1.55. The number of anilines is 1. The SMILES string of the molecule is COCCCN(C)C(=O)c1ccccc1NN. The van der Waals surface area contributed by atoms with Crippen LogP contribution >= 0.6 is 0 Å². The Morgan fingerprint density at radius 2 is 2.18 bits per heavy atom. The third-order valence-corrected chi connectivity index (χ3v) is 2.50. The van der Waals surface area contributed by atoms with Crippen molar-refractivity contribution in [3.63, 3.8) is 0 Å². The number of methoxy groups -OCH3 is 1. The zero-order valence-electron chi connectivity index (χ0n) is 10.3. The number of rotatable bonds is 6. The average molecular weight is 237 g/mol. The Balaban J connectivity index is 2.67. The molecule has 17 heavy (non-hydrogen) atoms. The zero-order valence-corrected chi connectivity index (χ0v) is 10.3. The lowest BCUT2D eigenvalue weighted by Gasteiger charge is -2.18. The van der Waals surface area contributed by atoms with Crippen LogP contribution < -0.4 is 11.3 Å². The van der Waals surface area contributed by atoms with E-state index in [1.807, 2.05) is 12.1 Å². The molecule has 0 radical (unpaired) electrons. The van der Waals surface area contributed by atoms with Crippen LogP contribution in [0.15, 0.2) is 24.3 Å². The number of nitrogen functional groups attached to an aromatic ring is 1. The second-order valence-corrected chi connectivity index (χ2v) is 3.76. The topological polar surface area (TPSA) is 67.6 Å². The number of amides is 1. The fourth-order valence-electron chi connectivity index (χ4n) is 1.55. The van der Waals surface area contributed by atoms with Gasteiger partial charge in [0.15, 0.2) is 0 Å². The first-order chi connectivity index (χ1) is 8.20. The molecule has 1 amide bonds. The molecule has 0 saturated carbocycles. The molecular formula is C12H19N3O2. The van der Waals surface area contributed by atoms with Crippen LogP contribution in [0, 0.1) is 0 Å². The highest BCUT2D eigenvalue weighted by Gasteiger charge is 2.14. The molecule has 94 valence electrons. The summed E-state index contributed by atoms with van der Waals surface area (Å²) in [5.41, 5.74) is 3.74. The highest BCUT2D eigenvalue weighted by molar-refractivity contribution is 5.99. The first-order valence-corrected chi connectivity index (χ1v) is 5.50. The number of nitrogens with one attached hydrogen (secondary N) is 1. The molecule has 0 unspecified atom stereocenters. The second-order valence-electron chi connectivity index (χ2n) is 3.76. The zero-order chi connectivity index (χ0) is 12.7. The summed E-state index contributed by atoms with van der Waals surface area (Å²) in [6.45, 7) is 1.31. The number of hydrogen-bond donors (Lipinski definition) is 2. The monoisotopic (exact) mass is 237 g/mol. The van der Waals surface area contributed by atoms with Crippen LogP contribution in [-0.2, 0) is 4.74 Å². The normalized spacial score (nSPS) is 10.1. The average Bonchev–Trinajstić information content (AvgIpc) is 2.38. The molecule has 1 rings (SSSR count). The molecule has 1 aromatic rings. The van der Waals surface area contributed by atoms with Crippen LogP contribution in [0.2, 0.25) is 0 Å². The van der Waals surface area contributed by atoms with Crippen molar-refractivity contribution >= 4 is 11.6 Å². The molecule has 5 nitrogen and oxygen atoms in total. The molecule has 5 heteroatoms. The van der Waals surface area contributed by atoms with Crippen molar-refractivity contribution in [2.45, 2.75) is 6.42 Å². The third-order valence-electron chi connectivity index (χ3n) is 2.50. The summed E-state index contributed by atoms with van der Waals surface area (Å²) in [6, 6.07) is 7.18. The maximum atomic E-state index is 12.1. The van der Waals surface area contributed by atoms with Gasteiger partial charge in [0.25, 0.3) is 5.91 Å². The quantitative estimate of drug-likeness (QED) is 0.441. The first-order valence-electron chi connectivity index (χ1n) is 5.50. The standard InChI is InChI=1S/C12H19N3O2/c1-15(8-5-9-17-2)12(16)10-6-3-4-7-11(10)14-13/h3-4,6-7,14H,5,8-9,13H2,1-2H3. The number of carbonyl (C=O) groups excluding carboxylic acids is 1. The van der Waals surface area contributed by atoms with Gasteiger partial charge in [-0.2, -0.15) is 0 Å². The van der Waals surface area contributed by atoms with Crippen molar-refractivity contribution in [3.8, 4) is 0 Å². The van der Waals surface area contributed by atoms with Crippen molar-refractivity contribution in [2.24, 2.45) is 5.84 Å². The summed E-state index contributed by atoms with van der Waals surface area (Å²) < 4.78 is 4.95. The lowest BCUT2D eigenvalue weighted by molar-refractivity contribution is 0.0780. The summed E-state index contributed by atoms with van der Waals surface area (Å²) in [5.74, 6) is 5.32. The molecule has 0 fully saturated rings. The molecule has 0 aliphatic carbocycles. The third kappa shape index (κ3) is 3.72. The highest BCUT2D eigenvalue weighted by Crippen LogP contribution is 2.15. The molecule has 0 spiro atoms. The van der Waals surface area contributed by atoms with E-state index in [0.717, 1.165) is 6.42 Å². The van der Waals surface area contributed by atoms with Crippen LogP contribution in [0.25, 0.3) is 0 Å². The number of hydrazine groups is 1. The molecule has 1 aromatic carbocycles. The Hall–Kier alpha value is -1.59. The minimum absolute atomic E-state index is 0.0466. The van der Waals surface area contributed by atoms with Crippen LogP contribution in [0.3, 0.4) is 0 Å². The van der Waals surface area contributed by atoms with Gasteiger partial charge in [-0.3, -0.25) is 10.6 Å². The Kier molecular flexibility index (Phi) is 5.45. The van der Waals surface area contributed by atoms with Crippen molar-refractivity contribution in [1.82, 2.24) is 4.90 Å². The molecule has 0 bridgehead atoms. The molecule has 0 aliphatic rings. The summed E-state index contributed by atoms with van der Waals surface area (Å²) in [7, 11) is 3.42. The Morgan fingerprint density at radius 1 is 1.47 bits per heavy atom. The molecule has 0 aromatic heterocycles. The van der Waals surface area contributed by atoms with Crippen molar-refractivity contribution in [1.29, 1.82) is 0 Å². The summed E-state index contributed by atoms with van der Waals surface area (Å²) in [4.78, 5) is 13.8. The van der Waals surface area contributed by atoms with Gasteiger partial charge in [-0.05, 0) is 18.6 Å². The van der Waals surface area contributed by atoms with Gasteiger partial charge in [-0.15, -0.1) is 0 Å². The van der Waals surface area contributed by atoms with E-state index in [-0.39, 0.29) is 5.91 Å². The van der Waals surface area contributed by atoms with Gasteiger partial charge in [0.05, 0.1) is 11.3 Å². The molecule has 0 saturated heterocycles. The lowest BCUT2D eigenvalue weighted by atomic mass is 10.1. The summed E-state index contributed by atoms with van der Waals surface area (Å²) in [5, 5.41) is 0. The fraction of sp³-hybridized carbons (Fsp3) is 0.417. The summed E-state index contributed by atoms with van der Waals surface area (Å²) >= 11 is 0.